The molecule has 2 atom stereocenters. The van der Waals surface area contributed by atoms with Gasteiger partial charge in [0.15, 0.2) is 0 Å². The molecule has 0 bridgehead atoms. The van der Waals surface area contributed by atoms with Gasteiger partial charge in [0.25, 0.3) is 0 Å². The lowest BCUT2D eigenvalue weighted by atomic mass is 10.1. The Balaban J connectivity index is 1.49. The minimum Gasteiger partial charge on any atom is -0.497 e. The number of thioether (sulfide) groups is 1. The molecule has 0 aromatic heterocycles. The molecule has 0 unspecified atom stereocenters. The summed E-state index contributed by atoms with van der Waals surface area (Å²) in [6.45, 7) is 2.40. The molecule has 0 saturated carbocycles. The molecule has 2 fully saturated rings. The van der Waals surface area contributed by atoms with Gasteiger partial charge in [-0.2, -0.15) is 11.8 Å². The third-order valence-electron chi connectivity index (χ3n) is 4.66. The number of ether oxygens (including phenoxy) is 1. The molecule has 0 spiro atoms. The molecule has 3 rings (SSSR count). The van der Waals surface area contributed by atoms with Crippen molar-refractivity contribution >= 4 is 17.7 Å². The number of methoxy groups -OCH3 is 1. The third-order valence-corrected chi connectivity index (χ3v) is 5.97. The molecule has 1 aromatic carbocycles. The lowest BCUT2D eigenvalue weighted by molar-refractivity contribution is -0.139. The first-order valence-corrected chi connectivity index (χ1v) is 9.11. The molecule has 2 heterocycles. The van der Waals surface area contributed by atoms with Crippen molar-refractivity contribution in [2.24, 2.45) is 5.73 Å². The van der Waals surface area contributed by atoms with Gasteiger partial charge >= 0.3 is 0 Å². The highest BCUT2D eigenvalue weighted by Crippen LogP contribution is 2.30. The predicted octanol–water partition coefficient (Wildman–Crippen LogP) is 1.17. The van der Waals surface area contributed by atoms with Crippen LogP contribution in [0.25, 0.3) is 0 Å². The number of carbonyl (C=O) groups is 1. The quantitative estimate of drug-likeness (QED) is 0.875. The molecule has 5 nitrogen and oxygen atoms in total. The van der Waals surface area contributed by atoms with E-state index in [0.717, 1.165) is 24.5 Å². The third kappa shape index (κ3) is 3.82. The first-order valence-electron chi connectivity index (χ1n) is 8.06. The number of nitrogens with two attached hydrogens (primary N) is 1. The van der Waals surface area contributed by atoms with Gasteiger partial charge in [-0.05, 0) is 31.2 Å². The Morgan fingerprint density at radius 2 is 2.00 bits per heavy atom. The van der Waals surface area contributed by atoms with Crippen LogP contribution in [0.2, 0.25) is 0 Å². The second-order valence-electron chi connectivity index (χ2n) is 6.48. The van der Waals surface area contributed by atoms with E-state index < -0.39 is 0 Å². The highest BCUT2D eigenvalue weighted by atomic mass is 32.2. The van der Waals surface area contributed by atoms with Crippen molar-refractivity contribution < 1.29 is 9.53 Å². The normalized spacial score (nSPS) is 25.4. The Hall–Kier alpha value is -1.24. The van der Waals surface area contributed by atoms with E-state index in [1.54, 1.807) is 7.11 Å². The van der Waals surface area contributed by atoms with Crippen molar-refractivity contribution in [3.05, 3.63) is 29.8 Å². The Labute approximate surface area is 142 Å². The molecule has 1 amide bonds. The first-order chi connectivity index (χ1) is 11.1. The molecule has 2 aliphatic heterocycles. The number of likely N-dealkylation sites (N-methyl/N-ethyl adjacent to an activating group) is 1. The van der Waals surface area contributed by atoms with E-state index >= 15 is 0 Å². The topological polar surface area (TPSA) is 58.8 Å². The van der Waals surface area contributed by atoms with E-state index in [1.165, 1.54) is 5.56 Å². The Bertz CT molecular complexity index is 545. The van der Waals surface area contributed by atoms with Crippen LogP contribution in [0.5, 0.6) is 5.75 Å². The summed E-state index contributed by atoms with van der Waals surface area (Å²) < 4.78 is 5.18. The van der Waals surface area contributed by atoms with Crippen molar-refractivity contribution in [3.63, 3.8) is 0 Å². The number of likely N-dealkylation sites (tertiary alicyclic amines) is 2. The molecule has 0 radical (unpaired) electrons. The summed E-state index contributed by atoms with van der Waals surface area (Å²) in [5, 5.41) is 0.506. The number of carbonyl (C=O) groups excluding carboxylic acids is 1. The molecule has 23 heavy (non-hydrogen) atoms. The monoisotopic (exact) mass is 335 g/mol. The zero-order valence-electron chi connectivity index (χ0n) is 13.8. The van der Waals surface area contributed by atoms with Gasteiger partial charge in [-0.3, -0.25) is 9.69 Å². The lowest BCUT2D eigenvalue weighted by Crippen LogP contribution is -2.61. The fraction of sp³-hybridized carbons (Fsp3) is 0.588. The first kappa shape index (κ1) is 16.6. The van der Waals surface area contributed by atoms with Crippen molar-refractivity contribution in [2.75, 3.05) is 33.8 Å². The summed E-state index contributed by atoms with van der Waals surface area (Å²) in [7, 11) is 3.73. The second kappa shape index (κ2) is 7.11. The van der Waals surface area contributed by atoms with Crippen molar-refractivity contribution in [2.45, 2.75) is 29.5 Å². The van der Waals surface area contributed by atoms with Gasteiger partial charge in [-0.15, -0.1) is 0 Å². The largest absolute Gasteiger partial charge is 0.497 e. The minimum absolute atomic E-state index is 0.0240. The van der Waals surface area contributed by atoms with Crippen LogP contribution in [0.15, 0.2) is 24.3 Å². The second-order valence-corrected chi connectivity index (χ2v) is 7.76. The van der Waals surface area contributed by atoms with Crippen LogP contribution < -0.4 is 10.5 Å². The summed E-state index contributed by atoms with van der Waals surface area (Å²) in [5.74, 6) is 2.11. The number of benzene rings is 1. The maximum Gasteiger partial charge on any atom is 0.240 e. The van der Waals surface area contributed by atoms with Crippen LogP contribution in [-0.2, 0) is 10.5 Å². The van der Waals surface area contributed by atoms with Crippen LogP contribution in [0.3, 0.4) is 0 Å². The van der Waals surface area contributed by atoms with Gasteiger partial charge in [0.1, 0.15) is 5.75 Å². The van der Waals surface area contributed by atoms with E-state index in [2.05, 4.69) is 24.1 Å². The maximum absolute atomic E-state index is 12.5. The number of hydrogen-bond donors (Lipinski definition) is 1. The van der Waals surface area contributed by atoms with Crippen LogP contribution in [-0.4, -0.2) is 66.8 Å². The number of nitrogens with zero attached hydrogens (tertiary/aromatic N) is 2. The SMILES string of the molecule is COc1ccc(CS[C@H]2C[C@@H](C(=O)N3CC(N)C3)N(C)C2)cc1. The van der Waals surface area contributed by atoms with Gasteiger partial charge in [0.05, 0.1) is 13.2 Å². The highest BCUT2D eigenvalue weighted by molar-refractivity contribution is 7.99. The minimum atomic E-state index is 0.0240. The van der Waals surface area contributed by atoms with Crippen molar-refractivity contribution in [1.29, 1.82) is 0 Å². The van der Waals surface area contributed by atoms with Crippen molar-refractivity contribution in [1.82, 2.24) is 9.80 Å². The Morgan fingerprint density at radius 3 is 2.61 bits per heavy atom. The standard InChI is InChI=1S/C17H25N3O2S/c1-19-10-15(7-16(19)17(21)20-8-13(18)9-20)23-11-12-3-5-14(22-2)6-4-12/h3-6,13,15-16H,7-11,18H2,1-2H3/t15-,16-/m0/s1. The molecule has 2 aliphatic rings. The average Bonchev–Trinajstić information content (AvgIpc) is 2.90. The molecule has 2 saturated heterocycles. The van der Waals surface area contributed by atoms with E-state index in [4.69, 9.17) is 10.5 Å². The van der Waals surface area contributed by atoms with Crippen molar-refractivity contribution in [3.8, 4) is 5.75 Å². The number of rotatable bonds is 5. The highest BCUT2D eigenvalue weighted by Gasteiger charge is 2.39. The maximum atomic E-state index is 12.5. The van der Waals surface area contributed by atoms with Crippen LogP contribution in [0.4, 0.5) is 0 Å². The lowest BCUT2D eigenvalue weighted by Gasteiger charge is -2.39. The molecule has 2 N–H and O–H groups in total. The summed E-state index contributed by atoms with van der Waals surface area (Å²) >= 11 is 1.94. The van der Waals surface area contributed by atoms with Gasteiger partial charge in [0, 0.05) is 36.7 Å². The van der Waals surface area contributed by atoms with Gasteiger partial charge in [0.2, 0.25) is 5.91 Å². The van der Waals surface area contributed by atoms with Gasteiger partial charge in [-0.25, -0.2) is 0 Å². The molecule has 126 valence electrons. The summed E-state index contributed by atoms with van der Waals surface area (Å²) in [6, 6.07) is 8.40. The molecule has 1 aromatic rings. The number of amides is 1. The van der Waals surface area contributed by atoms with E-state index in [-0.39, 0.29) is 18.0 Å². The summed E-state index contributed by atoms with van der Waals surface area (Å²) in [4.78, 5) is 16.6. The van der Waals surface area contributed by atoms with E-state index in [0.29, 0.717) is 18.3 Å². The molecule has 6 heteroatoms. The molecular formula is C17H25N3O2S. The zero-order valence-corrected chi connectivity index (χ0v) is 14.6. The van der Waals surface area contributed by atoms with Crippen LogP contribution >= 0.6 is 11.8 Å². The fourth-order valence-electron chi connectivity index (χ4n) is 3.20. The Morgan fingerprint density at radius 1 is 1.30 bits per heavy atom. The molecular weight excluding hydrogens is 310 g/mol. The smallest absolute Gasteiger partial charge is 0.240 e. The summed E-state index contributed by atoms with van der Waals surface area (Å²) in [6.07, 6.45) is 0.932. The molecule has 0 aliphatic carbocycles. The average molecular weight is 335 g/mol. The van der Waals surface area contributed by atoms with Gasteiger partial charge < -0.3 is 15.4 Å². The predicted molar refractivity (Wildman–Crippen MR) is 93.7 cm³/mol. The van der Waals surface area contributed by atoms with Crippen LogP contribution in [0.1, 0.15) is 12.0 Å². The Kier molecular flexibility index (Phi) is 5.14. The zero-order chi connectivity index (χ0) is 16.4. The van der Waals surface area contributed by atoms with E-state index in [9.17, 15) is 4.79 Å². The van der Waals surface area contributed by atoms with Crippen LogP contribution in [0, 0.1) is 0 Å². The van der Waals surface area contributed by atoms with Gasteiger partial charge in [-0.1, -0.05) is 12.1 Å². The van der Waals surface area contributed by atoms with E-state index in [1.807, 2.05) is 28.8 Å². The number of hydrogen-bond acceptors (Lipinski definition) is 5. The fourth-order valence-corrected chi connectivity index (χ4v) is 4.48. The summed E-state index contributed by atoms with van der Waals surface area (Å²) in [5.41, 5.74) is 7.07.